The fourth-order valence-corrected chi connectivity index (χ4v) is 2.89. The number of sulfonamides is 1. The number of hydrogen-bond donors (Lipinski definition) is 1. The molecule has 0 amide bonds. The number of rotatable bonds is 4. The molecule has 4 nitrogen and oxygen atoms in total. The average Bonchev–Trinajstić information content (AvgIpc) is 2.71. The van der Waals surface area contributed by atoms with Crippen LogP contribution < -0.4 is 4.72 Å². The average molecular weight is 265 g/mol. The molecule has 1 aliphatic heterocycles. The SMILES string of the molecule is C=CC1C=C(NS(=O)(=O)c2ccccc2)C(C)O1. The Morgan fingerprint density at radius 3 is 2.56 bits per heavy atom. The summed E-state index contributed by atoms with van der Waals surface area (Å²) in [6.07, 6.45) is 2.82. The zero-order valence-electron chi connectivity index (χ0n) is 10.0. The van der Waals surface area contributed by atoms with Gasteiger partial charge in [0.15, 0.2) is 0 Å². The predicted octanol–water partition coefficient (Wildman–Crippen LogP) is 1.82. The van der Waals surface area contributed by atoms with Crippen LogP contribution in [0.25, 0.3) is 0 Å². The molecule has 1 N–H and O–H groups in total. The third-order valence-electron chi connectivity index (χ3n) is 2.68. The van der Waals surface area contributed by atoms with Crippen LogP contribution in [-0.4, -0.2) is 20.6 Å². The monoisotopic (exact) mass is 265 g/mol. The van der Waals surface area contributed by atoms with E-state index in [2.05, 4.69) is 11.3 Å². The summed E-state index contributed by atoms with van der Waals surface area (Å²) >= 11 is 0. The number of hydrogen-bond acceptors (Lipinski definition) is 3. The van der Waals surface area contributed by atoms with E-state index in [1.165, 1.54) is 0 Å². The van der Waals surface area contributed by atoms with Crippen LogP contribution in [0.3, 0.4) is 0 Å². The second-order valence-corrected chi connectivity index (χ2v) is 5.70. The van der Waals surface area contributed by atoms with Crippen LogP contribution in [0.15, 0.2) is 59.7 Å². The van der Waals surface area contributed by atoms with Gasteiger partial charge in [0.2, 0.25) is 0 Å². The van der Waals surface area contributed by atoms with E-state index in [0.29, 0.717) is 5.70 Å². The van der Waals surface area contributed by atoms with Gasteiger partial charge in [0.25, 0.3) is 10.0 Å². The van der Waals surface area contributed by atoms with Crippen LogP contribution >= 0.6 is 0 Å². The van der Waals surface area contributed by atoms with Gasteiger partial charge in [0.1, 0.15) is 0 Å². The van der Waals surface area contributed by atoms with Gasteiger partial charge in [-0.05, 0) is 25.1 Å². The molecule has 2 rings (SSSR count). The summed E-state index contributed by atoms with van der Waals surface area (Å²) in [6.45, 7) is 5.41. The zero-order chi connectivity index (χ0) is 13.2. The molecule has 0 bridgehead atoms. The molecule has 0 aliphatic carbocycles. The summed E-state index contributed by atoms with van der Waals surface area (Å²) < 4.78 is 32.2. The highest BCUT2D eigenvalue weighted by Gasteiger charge is 2.25. The van der Waals surface area contributed by atoms with Crippen LogP contribution in [0, 0.1) is 0 Å². The van der Waals surface area contributed by atoms with Crippen molar-refractivity contribution in [3.8, 4) is 0 Å². The summed E-state index contributed by atoms with van der Waals surface area (Å²) in [6, 6.07) is 8.24. The van der Waals surface area contributed by atoms with Crippen molar-refractivity contribution in [2.45, 2.75) is 24.0 Å². The molecule has 96 valence electrons. The molecule has 0 saturated carbocycles. The van der Waals surface area contributed by atoms with Crippen molar-refractivity contribution < 1.29 is 13.2 Å². The molecule has 1 heterocycles. The molecule has 0 aromatic heterocycles. The standard InChI is InChI=1S/C13H15NO3S/c1-3-11-9-13(10(2)17-11)14-18(15,16)12-7-5-4-6-8-12/h3-11,14H,1H2,2H3. The predicted molar refractivity (Wildman–Crippen MR) is 69.4 cm³/mol. The van der Waals surface area contributed by atoms with Crippen LogP contribution in [-0.2, 0) is 14.8 Å². The largest absolute Gasteiger partial charge is 0.361 e. The lowest BCUT2D eigenvalue weighted by molar-refractivity contribution is 0.0929. The maximum atomic E-state index is 12.1. The number of benzene rings is 1. The molecular weight excluding hydrogens is 250 g/mol. The zero-order valence-corrected chi connectivity index (χ0v) is 10.9. The quantitative estimate of drug-likeness (QED) is 0.845. The van der Waals surface area contributed by atoms with Crippen molar-refractivity contribution in [2.75, 3.05) is 0 Å². The Hall–Kier alpha value is -1.59. The highest BCUT2D eigenvalue weighted by molar-refractivity contribution is 7.89. The van der Waals surface area contributed by atoms with Crippen molar-refractivity contribution in [1.82, 2.24) is 4.72 Å². The molecular formula is C13H15NO3S. The molecule has 1 aromatic rings. The van der Waals surface area contributed by atoms with Crippen molar-refractivity contribution in [2.24, 2.45) is 0 Å². The van der Waals surface area contributed by atoms with Crippen molar-refractivity contribution >= 4 is 10.0 Å². The van der Waals surface area contributed by atoms with E-state index in [1.807, 2.05) is 0 Å². The first-order valence-electron chi connectivity index (χ1n) is 5.60. The lowest BCUT2D eigenvalue weighted by Gasteiger charge is -2.12. The molecule has 0 spiro atoms. The molecule has 1 aliphatic rings. The lowest BCUT2D eigenvalue weighted by Crippen LogP contribution is -2.27. The Balaban J connectivity index is 2.22. The summed E-state index contributed by atoms with van der Waals surface area (Å²) in [4.78, 5) is 0.236. The fraction of sp³-hybridized carbons (Fsp3) is 0.231. The van der Waals surface area contributed by atoms with Gasteiger partial charge in [-0.2, -0.15) is 0 Å². The minimum Gasteiger partial charge on any atom is -0.361 e. The number of nitrogens with one attached hydrogen (secondary N) is 1. The minimum atomic E-state index is -3.54. The summed E-state index contributed by atoms with van der Waals surface area (Å²) in [7, 11) is -3.54. The topological polar surface area (TPSA) is 55.4 Å². The Labute approximate surface area is 107 Å². The van der Waals surface area contributed by atoms with Gasteiger partial charge in [-0.3, -0.25) is 4.72 Å². The summed E-state index contributed by atoms with van der Waals surface area (Å²) in [5.41, 5.74) is 0.545. The lowest BCUT2D eigenvalue weighted by atomic mass is 10.3. The first-order chi connectivity index (χ1) is 8.53. The summed E-state index contributed by atoms with van der Waals surface area (Å²) in [5.74, 6) is 0. The van der Waals surface area contributed by atoms with Crippen molar-refractivity contribution in [1.29, 1.82) is 0 Å². The van der Waals surface area contributed by atoms with E-state index >= 15 is 0 Å². The van der Waals surface area contributed by atoms with Gasteiger partial charge in [0.05, 0.1) is 22.8 Å². The van der Waals surface area contributed by atoms with E-state index in [1.54, 1.807) is 49.4 Å². The first-order valence-corrected chi connectivity index (χ1v) is 7.09. The third-order valence-corrected chi connectivity index (χ3v) is 4.08. The summed E-state index contributed by atoms with van der Waals surface area (Å²) in [5, 5.41) is 0. The van der Waals surface area contributed by atoms with Gasteiger partial charge in [-0.1, -0.05) is 24.3 Å². The van der Waals surface area contributed by atoms with Gasteiger partial charge in [-0.25, -0.2) is 8.42 Å². The Kier molecular flexibility index (Phi) is 3.54. The molecule has 0 radical (unpaired) electrons. The van der Waals surface area contributed by atoms with Crippen LogP contribution in [0.2, 0.25) is 0 Å². The minimum absolute atomic E-state index is 0.236. The number of ether oxygens (including phenoxy) is 1. The molecule has 5 heteroatoms. The van der Waals surface area contributed by atoms with E-state index in [4.69, 9.17) is 4.74 Å². The first kappa shape index (κ1) is 12.9. The van der Waals surface area contributed by atoms with E-state index in [-0.39, 0.29) is 17.1 Å². The highest BCUT2D eigenvalue weighted by Crippen LogP contribution is 2.20. The molecule has 0 fully saturated rings. The van der Waals surface area contributed by atoms with E-state index < -0.39 is 10.0 Å². The van der Waals surface area contributed by atoms with Crippen LogP contribution in [0.4, 0.5) is 0 Å². The van der Waals surface area contributed by atoms with Crippen LogP contribution in [0.1, 0.15) is 6.92 Å². The normalized spacial score (nSPS) is 23.5. The Morgan fingerprint density at radius 2 is 2.00 bits per heavy atom. The Bertz CT molecular complexity index is 563. The second kappa shape index (κ2) is 4.96. The molecule has 1 aromatic carbocycles. The van der Waals surface area contributed by atoms with Gasteiger partial charge < -0.3 is 4.74 Å². The van der Waals surface area contributed by atoms with Crippen molar-refractivity contribution in [3.63, 3.8) is 0 Å². The third kappa shape index (κ3) is 2.63. The highest BCUT2D eigenvalue weighted by atomic mass is 32.2. The molecule has 0 saturated heterocycles. The smallest absolute Gasteiger partial charge is 0.261 e. The van der Waals surface area contributed by atoms with Crippen LogP contribution in [0.5, 0.6) is 0 Å². The van der Waals surface area contributed by atoms with Gasteiger partial charge in [0, 0.05) is 0 Å². The Morgan fingerprint density at radius 1 is 1.33 bits per heavy atom. The maximum absolute atomic E-state index is 12.1. The molecule has 2 unspecified atom stereocenters. The molecule has 18 heavy (non-hydrogen) atoms. The van der Waals surface area contributed by atoms with E-state index in [0.717, 1.165) is 0 Å². The maximum Gasteiger partial charge on any atom is 0.261 e. The second-order valence-electron chi connectivity index (χ2n) is 4.02. The molecule has 2 atom stereocenters. The van der Waals surface area contributed by atoms with Crippen molar-refractivity contribution in [3.05, 3.63) is 54.8 Å². The van der Waals surface area contributed by atoms with Gasteiger partial charge >= 0.3 is 0 Å². The van der Waals surface area contributed by atoms with Gasteiger partial charge in [-0.15, -0.1) is 6.58 Å². The fourth-order valence-electron chi connectivity index (χ4n) is 1.72. The van der Waals surface area contributed by atoms with E-state index in [9.17, 15) is 8.42 Å².